The first-order valence-corrected chi connectivity index (χ1v) is 10.2. The van der Waals surface area contributed by atoms with Crippen LogP contribution < -0.4 is 10.2 Å². The van der Waals surface area contributed by atoms with Gasteiger partial charge in [0.05, 0.1) is 6.20 Å². The molecule has 0 radical (unpaired) electrons. The largest absolute Gasteiger partial charge is 0.368 e. The first kappa shape index (κ1) is 17.9. The Hall–Kier alpha value is -3.16. The molecule has 1 aromatic carbocycles. The van der Waals surface area contributed by atoms with Crippen molar-refractivity contribution in [3.05, 3.63) is 36.3 Å². The molecule has 0 spiro atoms. The van der Waals surface area contributed by atoms with Crippen LogP contribution >= 0.6 is 0 Å². The lowest BCUT2D eigenvalue weighted by molar-refractivity contribution is -0.129. The second kappa shape index (κ2) is 7.02. The summed E-state index contributed by atoms with van der Waals surface area (Å²) in [6.45, 7) is 7.13. The summed E-state index contributed by atoms with van der Waals surface area (Å²) in [5, 5.41) is 10.6. The number of amides is 1. The Morgan fingerprint density at radius 3 is 2.52 bits per heavy atom. The quantitative estimate of drug-likeness (QED) is 0.711. The van der Waals surface area contributed by atoms with Crippen molar-refractivity contribution < 1.29 is 4.79 Å². The highest BCUT2D eigenvalue weighted by Crippen LogP contribution is 2.46. The van der Waals surface area contributed by atoms with Crippen LogP contribution in [0.25, 0.3) is 11.0 Å². The number of hydrogen-bond donors (Lipinski definition) is 2. The van der Waals surface area contributed by atoms with Gasteiger partial charge in [0, 0.05) is 50.4 Å². The molecule has 2 N–H and O–H groups in total. The number of H-pyrrole nitrogens is 1. The molecule has 29 heavy (non-hydrogen) atoms. The number of anilines is 3. The van der Waals surface area contributed by atoms with Gasteiger partial charge in [-0.15, -0.1) is 0 Å². The van der Waals surface area contributed by atoms with E-state index in [1.807, 2.05) is 4.90 Å². The summed E-state index contributed by atoms with van der Waals surface area (Å²) in [6, 6.07) is 8.36. The number of carbonyl (C=O) groups is 1. The van der Waals surface area contributed by atoms with Crippen LogP contribution in [-0.2, 0) is 4.79 Å². The van der Waals surface area contributed by atoms with E-state index in [9.17, 15) is 4.79 Å². The number of aromatic amines is 1. The lowest BCUT2D eigenvalue weighted by Gasteiger charge is -2.35. The summed E-state index contributed by atoms with van der Waals surface area (Å²) >= 11 is 0. The predicted octanol–water partition coefficient (Wildman–Crippen LogP) is 2.89. The number of nitrogens with zero attached hydrogens (tertiary/aromatic N) is 5. The molecule has 2 fully saturated rings. The first-order chi connectivity index (χ1) is 14.1. The fraction of sp³-hybridized carbons (Fsp3) is 0.429. The SMILES string of the molecule is CC(=O)N1CCN(c2ccc(Nc3nc(C4CC4C)nc4cn[nH]c34)cc2)CC1. The maximum atomic E-state index is 11.5. The van der Waals surface area contributed by atoms with Gasteiger partial charge in [-0.1, -0.05) is 6.92 Å². The molecule has 5 rings (SSSR count). The Morgan fingerprint density at radius 1 is 1.14 bits per heavy atom. The van der Waals surface area contributed by atoms with Crippen molar-refractivity contribution in [3.8, 4) is 0 Å². The summed E-state index contributed by atoms with van der Waals surface area (Å²) in [5.41, 5.74) is 3.81. The maximum Gasteiger partial charge on any atom is 0.219 e. The third-order valence-corrected chi connectivity index (χ3v) is 5.98. The van der Waals surface area contributed by atoms with Crippen LogP contribution in [0.4, 0.5) is 17.2 Å². The molecular formula is C21H25N7O. The molecule has 150 valence electrons. The van der Waals surface area contributed by atoms with E-state index in [2.05, 4.69) is 56.6 Å². The summed E-state index contributed by atoms with van der Waals surface area (Å²) in [7, 11) is 0. The molecule has 1 amide bonds. The molecular weight excluding hydrogens is 366 g/mol. The number of benzene rings is 1. The average molecular weight is 391 g/mol. The number of hydrogen-bond acceptors (Lipinski definition) is 6. The fourth-order valence-electron chi connectivity index (χ4n) is 3.97. The number of rotatable bonds is 4. The number of nitrogens with one attached hydrogen (secondary N) is 2. The van der Waals surface area contributed by atoms with Gasteiger partial charge in [0.1, 0.15) is 16.9 Å². The van der Waals surface area contributed by atoms with Crippen molar-refractivity contribution in [2.75, 3.05) is 36.4 Å². The third kappa shape index (κ3) is 3.50. The molecule has 1 aliphatic carbocycles. The highest BCUT2D eigenvalue weighted by Gasteiger charge is 2.37. The van der Waals surface area contributed by atoms with Crippen molar-refractivity contribution in [2.45, 2.75) is 26.2 Å². The summed E-state index contributed by atoms with van der Waals surface area (Å²) in [6.07, 6.45) is 2.90. The number of aromatic nitrogens is 4. The molecule has 2 atom stereocenters. The molecule has 1 saturated heterocycles. The van der Waals surface area contributed by atoms with E-state index in [1.54, 1.807) is 13.1 Å². The summed E-state index contributed by atoms with van der Waals surface area (Å²) in [5.74, 6) is 2.92. The first-order valence-electron chi connectivity index (χ1n) is 10.2. The highest BCUT2D eigenvalue weighted by atomic mass is 16.2. The van der Waals surface area contributed by atoms with Gasteiger partial charge in [-0.25, -0.2) is 9.97 Å². The van der Waals surface area contributed by atoms with Crippen molar-refractivity contribution in [2.24, 2.45) is 5.92 Å². The van der Waals surface area contributed by atoms with Gasteiger partial charge >= 0.3 is 0 Å². The van der Waals surface area contributed by atoms with Gasteiger partial charge in [0.2, 0.25) is 5.91 Å². The minimum absolute atomic E-state index is 0.152. The van der Waals surface area contributed by atoms with Crippen molar-refractivity contribution in [3.63, 3.8) is 0 Å². The number of carbonyl (C=O) groups excluding carboxylic acids is 1. The minimum atomic E-state index is 0.152. The molecule has 1 saturated carbocycles. The molecule has 8 nitrogen and oxygen atoms in total. The molecule has 2 aliphatic rings. The van der Waals surface area contributed by atoms with E-state index in [4.69, 9.17) is 4.98 Å². The standard InChI is InChI=1S/C21H25N7O/c1-13-11-17(13)20-24-18-12-22-26-19(18)21(25-20)23-15-3-5-16(6-4-15)28-9-7-27(8-10-28)14(2)29/h3-6,12-13,17H,7-11H2,1-2H3,(H,22,26)(H,23,24,25). The third-order valence-electron chi connectivity index (χ3n) is 5.98. The van der Waals surface area contributed by atoms with E-state index in [-0.39, 0.29) is 5.91 Å². The zero-order valence-corrected chi connectivity index (χ0v) is 16.7. The van der Waals surface area contributed by atoms with Gasteiger partial charge in [0.15, 0.2) is 5.82 Å². The Balaban J connectivity index is 1.33. The van der Waals surface area contributed by atoms with Crippen molar-refractivity contribution in [1.82, 2.24) is 25.1 Å². The normalized spacial score (nSPS) is 21.4. The zero-order chi connectivity index (χ0) is 20.0. The van der Waals surface area contributed by atoms with E-state index in [0.717, 1.165) is 61.0 Å². The van der Waals surface area contributed by atoms with Crippen LogP contribution in [0.2, 0.25) is 0 Å². The topological polar surface area (TPSA) is 90.0 Å². The Kier molecular flexibility index (Phi) is 4.34. The average Bonchev–Trinajstić information content (AvgIpc) is 3.27. The van der Waals surface area contributed by atoms with E-state index >= 15 is 0 Å². The van der Waals surface area contributed by atoms with E-state index < -0.39 is 0 Å². The molecule has 2 unspecified atom stereocenters. The molecule has 1 aliphatic heterocycles. The predicted molar refractivity (Wildman–Crippen MR) is 112 cm³/mol. The Morgan fingerprint density at radius 2 is 1.86 bits per heavy atom. The Labute approximate surface area is 169 Å². The fourth-order valence-corrected chi connectivity index (χ4v) is 3.97. The van der Waals surface area contributed by atoms with Gasteiger partial charge in [-0.2, -0.15) is 5.10 Å². The highest BCUT2D eigenvalue weighted by molar-refractivity contribution is 5.87. The van der Waals surface area contributed by atoms with Crippen LogP contribution in [0.1, 0.15) is 32.0 Å². The minimum Gasteiger partial charge on any atom is -0.368 e. The van der Waals surface area contributed by atoms with Gasteiger partial charge < -0.3 is 15.1 Å². The smallest absolute Gasteiger partial charge is 0.219 e. The summed E-state index contributed by atoms with van der Waals surface area (Å²) < 4.78 is 0. The molecule has 2 aromatic heterocycles. The monoisotopic (exact) mass is 391 g/mol. The van der Waals surface area contributed by atoms with Crippen LogP contribution in [0, 0.1) is 5.92 Å². The number of piperazine rings is 1. The van der Waals surface area contributed by atoms with E-state index in [0.29, 0.717) is 11.8 Å². The van der Waals surface area contributed by atoms with Crippen LogP contribution in [0.3, 0.4) is 0 Å². The number of fused-ring (bicyclic) bond motifs is 1. The van der Waals surface area contributed by atoms with Crippen LogP contribution in [0.5, 0.6) is 0 Å². The summed E-state index contributed by atoms with van der Waals surface area (Å²) in [4.78, 5) is 25.2. The maximum absolute atomic E-state index is 11.5. The van der Waals surface area contributed by atoms with E-state index in [1.165, 1.54) is 5.69 Å². The lowest BCUT2D eigenvalue weighted by Crippen LogP contribution is -2.48. The molecule has 3 aromatic rings. The van der Waals surface area contributed by atoms with Crippen LogP contribution in [-0.4, -0.2) is 57.2 Å². The van der Waals surface area contributed by atoms with Crippen molar-refractivity contribution in [1.29, 1.82) is 0 Å². The Bertz CT molecular complexity index is 1040. The van der Waals surface area contributed by atoms with Gasteiger partial charge in [0.25, 0.3) is 0 Å². The zero-order valence-electron chi connectivity index (χ0n) is 16.7. The lowest BCUT2D eigenvalue weighted by atomic mass is 10.2. The molecule has 0 bridgehead atoms. The second-order valence-corrected chi connectivity index (χ2v) is 8.05. The molecule has 8 heteroatoms. The second-order valence-electron chi connectivity index (χ2n) is 8.05. The molecule has 3 heterocycles. The van der Waals surface area contributed by atoms with Gasteiger partial charge in [-0.05, 0) is 36.6 Å². The van der Waals surface area contributed by atoms with Crippen molar-refractivity contribution >= 4 is 34.1 Å². The van der Waals surface area contributed by atoms with Crippen LogP contribution in [0.15, 0.2) is 30.5 Å². The van der Waals surface area contributed by atoms with Gasteiger partial charge in [-0.3, -0.25) is 9.89 Å².